The topological polar surface area (TPSA) is 177 Å². The van der Waals surface area contributed by atoms with E-state index in [1.165, 1.54) is 18.2 Å². The fourth-order valence-electron chi connectivity index (χ4n) is 4.41. The van der Waals surface area contributed by atoms with Crippen LogP contribution in [-0.4, -0.2) is 61.2 Å². The number of hydrogen-bond donors (Lipinski definition) is 3. The number of amides is 2. The molecular formula is C24H16ClF2N9O4S. The minimum absolute atomic E-state index is 0.00247. The SMILES string of the molecule is O=C(NCc1ccc(F)c(Cl)c1)c1cc(C(=O)NC2CS(=O)(=O)c3cc(-c4nnn[nH]4)ccc32)n2ncc(F)c2n1. The minimum Gasteiger partial charge on any atom is -0.347 e. The van der Waals surface area contributed by atoms with Crippen molar-refractivity contribution < 1.29 is 26.8 Å². The van der Waals surface area contributed by atoms with Gasteiger partial charge in [-0.25, -0.2) is 31.8 Å². The average molecular weight is 600 g/mol. The summed E-state index contributed by atoms with van der Waals surface area (Å²) in [5, 5.41) is 22.2. The second-order valence-corrected chi connectivity index (χ2v) is 11.4. The lowest BCUT2D eigenvalue weighted by Gasteiger charge is -2.14. The number of carbonyl (C=O) groups excluding carboxylic acids is 2. The Balaban J connectivity index is 1.28. The fraction of sp³-hybridized carbons (Fsp3) is 0.125. The van der Waals surface area contributed by atoms with Crippen molar-refractivity contribution in [2.45, 2.75) is 17.5 Å². The summed E-state index contributed by atoms with van der Waals surface area (Å²) >= 11 is 5.78. The summed E-state index contributed by atoms with van der Waals surface area (Å²) in [7, 11) is -3.78. The van der Waals surface area contributed by atoms with E-state index in [4.69, 9.17) is 11.6 Å². The molecule has 17 heteroatoms. The molecule has 0 radical (unpaired) electrons. The van der Waals surface area contributed by atoms with Crippen LogP contribution in [0.25, 0.3) is 17.0 Å². The van der Waals surface area contributed by atoms with Crippen molar-refractivity contribution >= 4 is 38.9 Å². The van der Waals surface area contributed by atoms with Gasteiger partial charge in [0, 0.05) is 18.2 Å². The minimum atomic E-state index is -3.78. The molecule has 0 spiro atoms. The zero-order valence-corrected chi connectivity index (χ0v) is 22.0. The van der Waals surface area contributed by atoms with Crippen molar-refractivity contribution in [3.8, 4) is 11.4 Å². The van der Waals surface area contributed by atoms with Gasteiger partial charge in [0.2, 0.25) is 0 Å². The maximum Gasteiger partial charge on any atom is 0.270 e. The van der Waals surface area contributed by atoms with Gasteiger partial charge in [0.25, 0.3) is 11.8 Å². The molecule has 0 aliphatic carbocycles. The smallest absolute Gasteiger partial charge is 0.270 e. The van der Waals surface area contributed by atoms with E-state index in [2.05, 4.69) is 41.3 Å². The van der Waals surface area contributed by atoms with Crippen LogP contribution in [0.2, 0.25) is 5.02 Å². The zero-order valence-electron chi connectivity index (χ0n) is 20.5. The third-order valence-electron chi connectivity index (χ3n) is 6.37. The van der Waals surface area contributed by atoms with Gasteiger partial charge in [-0.3, -0.25) is 9.59 Å². The number of H-pyrrole nitrogens is 1. The number of rotatable bonds is 6. The Hall–Kier alpha value is -4.83. The molecule has 0 fully saturated rings. The summed E-state index contributed by atoms with van der Waals surface area (Å²) in [6.07, 6.45) is 0.830. The first-order valence-electron chi connectivity index (χ1n) is 11.8. The molecule has 2 aromatic carbocycles. The normalized spacial score (nSPS) is 15.5. The van der Waals surface area contributed by atoms with Gasteiger partial charge in [0.1, 0.15) is 17.2 Å². The van der Waals surface area contributed by atoms with E-state index in [0.717, 1.165) is 22.8 Å². The molecule has 208 valence electrons. The average Bonchev–Trinajstić information content (AvgIpc) is 3.67. The molecule has 0 saturated heterocycles. The quantitative estimate of drug-likeness (QED) is 0.263. The van der Waals surface area contributed by atoms with Crippen LogP contribution in [0, 0.1) is 11.6 Å². The summed E-state index contributed by atoms with van der Waals surface area (Å²) in [6.45, 7) is -0.0577. The number of hydrogen-bond acceptors (Lipinski definition) is 9. The van der Waals surface area contributed by atoms with Crippen LogP contribution in [-0.2, 0) is 16.4 Å². The Morgan fingerprint density at radius 2 is 1.93 bits per heavy atom. The number of halogens is 3. The lowest BCUT2D eigenvalue weighted by Crippen LogP contribution is -2.32. The van der Waals surface area contributed by atoms with E-state index in [9.17, 15) is 26.8 Å². The molecule has 0 bridgehead atoms. The number of nitrogens with zero attached hydrogens (tertiary/aromatic N) is 6. The highest BCUT2D eigenvalue weighted by Gasteiger charge is 2.37. The van der Waals surface area contributed by atoms with Crippen LogP contribution in [0.5, 0.6) is 0 Å². The maximum atomic E-state index is 14.5. The number of aromatic amines is 1. The molecule has 4 heterocycles. The van der Waals surface area contributed by atoms with Crippen LogP contribution in [0.15, 0.2) is 53.6 Å². The van der Waals surface area contributed by atoms with Crippen LogP contribution in [0.4, 0.5) is 8.78 Å². The molecule has 3 aromatic heterocycles. The van der Waals surface area contributed by atoms with E-state index in [-0.39, 0.29) is 33.7 Å². The van der Waals surface area contributed by atoms with Crippen molar-refractivity contribution in [1.82, 2.24) is 45.9 Å². The van der Waals surface area contributed by atoms with Crippen molar-refractivity contribution in [2.24, 2.45) is 0 Å². The van der Waals surface area contributed by atoms with E-state index in [0.29, 0.717) is 16.7 Å². The largest absolute Gasteiger partial charge is 0.347 e. The highest BCUT2D eigenvalue weighted by Crippen LogP contribution is 2.36. The Labute approximate surface area is 233 Å². The number of benzene rings is 2. The summed E-state index contributed by atoms with van der Waals surface area (Å²) in [5.74, 6) is -3.25. The monoisotopic (exact) mass is 599 g/mol. The van der Waals surface area contributed by atoms with Crippen LogP contribution in [0.3, 0.4) is 0 Å². The molecule has 3 N–H and O–H groups in total. The molecule has 41 heavy (non-hydrogen) atoms. The van der Waals surface area contributed by atoms with Gasteiger partial charge >= 0.3 is 0 Å². The second kappa shape index (κ2) is 9.97. The molecular weight excluding hydrogens is 584 g/mol. The van der Waals surface area contributed by atoms with Gasteiger partial charge in [-0.2, -0.15) is 5.10 Å². The molecule has 1 unspecified atom stereocenters. The van der Waals surface area contributed by atoms with Crippen LogP contribution in [0.1, 0.15) is 38.1 Å². The third-order valence-corrected chi connectivity index (χ3v) is 8.45. The summed E-state index contributed by atoms with van der Waals surface area (Å²) in [5.41, 5.74) is 0.304. The van der Waals surface area contributed by atoms with Gasteiger partial charge in [-0.05, 0) is 39.8 Å². The number of tetrazole rings is 1. The maximum absolute atomic E-state index is 14.5. The van der Waals surface area contributed by atoms with Crippen LogP contribution < -0.4 is 10.6 Å². The lowest BCUT2D eigenvalue weighted by atomic mass is 10.1. The number of aromatic nitrogens is 7. The lowest BCUT2D eigenvalue weighted by molar-refractivity contribution is 0.0933. The Bertz CT molecular complexity index is 1970. The highest BCUT2D eigenvalue weighted by molar-refractivity contribution is 7.91. The van der Waals surface area contributed by atoms with Crippen molar-refractivity contribution in [2.75, 3.05) is 5.75 Å². The van der Waals surface area contributed by atoms with Gasteiger partial charge < -0.3 is 10.6 Å². The van der Waals surface area contributed by atoms with Gasteiger partial charge in [-0.15, -0.1) is 5.10 Å². The van der Waals surface area contributed by atoms with Crippen molar-refractivity contribution in [3.63, 3.8) is 0 Å². The fourth-order valence-corrected chi connectivity index (χ4v) is 6.37. The molecule has 1 atom stereocenters. The Morgan fingerprint density at radius 3 is 2.68 bits per heavy atom. The standard InChI is InChI=1S/C24H16ClF2N9O4S/c25-14-5-11(1-4-15(14)26)8-28-23(37)17-7-19(36-22(30-17)16(27)9-29-36)24(38)31-18-10-41(39,40)20-6-12(2-3-13(18)20)21-32-34-35-33-21/h1-7,9,18H,8,10H2,(H,28,37)(H,31,38)(H,32,33,34,35). The number of fused-ring (bicyclic) bond motifs is 2. The predicted octanol–water partition coefficient (Wildman–Crippen LogP) is 2.03. The van der Waals surface area contributed by atoms with Gasteiger partial charge in [0.05, 0.1) is 27.9 Å². The van der Waals surface area contributed by atoms with Crippen LogP contribution >= 0.6 is 11.6 Å². The third kappa shape index (κ3) is 4.87. The molecule has 6 rings (SSSR count). The number of nitrogens with one attached hydrogen (secondary N) is 3. The molecule has 1 aliphatic rings. The summed E-state index contributed by atoms with van der Waals surface area (Å²) in [6, 6.07) is 8.61. The van der Waals surface area contributed by atoms with E-state index < -0.39 is 50.7 Å². The molecule has 1 aliphatic heterocycles. The second-order valence-electron chi connectivity index (χ2n) is 9.00. The first-order valence-corrected chi connectivity index (χ1v) is 13.8. The van der Waals surface area contributed by atoms with Gasteiger partial charge in [-0.1, -0.05) is 29.8 Å². The predicted molar refractivity (Wildman–Crippen MR) is 137 cm³/mol. The Morgan fingerprint density at radius 1 is 1.10 bits per heavy atom. The van der Waals surface area contributed by atoms with E-state index in [1.807, 2.05) is 0 Å². The van der Waals surface area contributed by atoms with E-state index >= 15 is 0 Å². The highest BCUT2D eigenvalue weighted by atomic mass is 35.5. The molecule has 13 nitrogen and oxygen atoms in total. The van der Waals surface area contributed by atoms with Crippen molar-refractivity contribution in [1.29, 1.82) is 0 Å². The molecule has 0 saturated carbocycles. The number of carbonyl (C=O) groups is 2. The first kappa shape index (κ1) is 26.4. The Kier molecular flexibility index (Phi) is 6.42. The zero-order chi connectivity index (χ0) is 28.9. The first-order chi connectivity index (χ1) is 19.6. The summed E-state index contributed by atoms with van der Waals surface area (Å²) < 4.78 is 54.6. The van der Waals surface area contributed by atoms with Crippen molar-refractivity contribution in [3.05, 3.63) is 87.8 Å². The van der Waals surface area contributed by atoms with Gasteiger partial charge in [0.15, 0.2) is 27.1 Å². The molecule has 2 amide bonds. The summed E-state index contributed by atoms with van der Waals surface area (Å²) in [4.78, 5) is 30.3. The number of sulfone groups is 1. The van der Waals surface area contributed by atoms with E-state index in [1.54, 1.807) is 12.1 Å². The molecule has 5 aromatic rings.